The van der Waals surface area contributed by atoms with E-state index in [1.165, 1.54) is 11.6 Å². The molecule has 5 heteroatoms. The van der Waals surface area contributed by atoms with Crippen LogP contribution in [0.4, 0.5) is 4.39 Å². The minimum absolute atomic E-state index is 0.134. The third-order valence-corrected chi connectivity index (χ3v) is 5.18. The predicted molar refractivity (Wildman–Crippen MR) is 107 cm³/mol. The summed E-state index contributed by atoms with van der Waals surface area (Å²) in [6.45, 7) is 4.02. The Balaban J connectivity index is 1.32. The zero-order valence-electron chi connectivity index (χ0n) is 15.7. The minimum Gasteiger partial charge on any atom is -0.451 e. The van der Waals surface area contributed by atoms with E-state index in [0.29, 0.717) is 24.4 Å². The molecule has 1 aliphatic rings. The molecule has 2 heterocycles. The molecule has 1 amide bonds. The number of furan rings is 1. The van der Waals surface area contributed by atoms with Crippen LogP contribution in [0, 0.1) is 5.82 Å². The first kappa shape index (κ1) is 18.4. The van der Waals surface area contributed by atoms with Crippen LogP contribution in [0.15, 0.2) is 71.1 Å². The second-order valence-corrected chi connectivity index (χ2v) is 7.01. The Morgan fingerprint density at radius 1 is 0.893 bits per heavy atom. The molecule has 4 rings (SSSR count). The third-order valence-electron chi connectivity index (χ3n) is 5.18. The SMILES string of the molecule is O=C(c1ccc(-c2ccccc2F)o1)N1CCN(CCc2ccccc2)CC1. The number of carbonyl (C=O) groups excluding carboxylic acids is 1. The smallest absolute Gasteiger partial charge is 0.289 e. The Morgan fingerprint density at radius 2 is 1.61 bits per heavy atom. The molecule has 1 saturated heterocycles. The molecule has 0 saturated carbocycles. The molecule has 144 valence electrons. The monoisotopic (exact) mass is 378 g/mol. The van der Waals surface area contributed by atoms with Crippen LogP contribution < -0.4 is 0 Å². The summed E-state index contributed by atoms with van der Waals surface area (Å²) >= 11 is 0. The lowest BCUT2D eigenvalue weighted by Gasteiger charge is -2.34. The zero-order valence-corrected chi connectivity index (χ0v) is 15.7. The Hall–Kier alpha value is -2.92. The van der Waals surface area contributed by atoms with Crippen molar-refractivity contribution >= 4 is 5.91 Å². The summed E-state index contributed by atoms with van der Waals surface area (Å²) in [5.41, 5.74) is 1.70. The third kappa shape index (κ3) is 4.15. The van der Waals surface area contributed by atoms with Gasteiger partial charge in [-0.3, -0.25) is 9.69 Å². The number of nitrogens with zero attached hydrogens (tertiary/aromatic N) is 2. The van der Waals surface area contributed by atoms with E-state index in [1.807, 2.05) is 11.0 Å². The van der Waals surface area contributed by atoms with Crippen molar-refractivity contribution in [2.75, 3.05) is 32.7 Å². The van der Waals surface area contributed by atoms with Gasteiger partial charge in [0.05, 0.1) is 5.56 Å². The number of rotatable bonds is 5. The van der Waals surface area contributed by atoms with Gasteiger partial charge < -0.3 is 9.32 Å². The second-order valence-electron chi connectivity index (χ2n) is 7.01. The maximum Gasteiger partial charge on any atom is 0.289 e. The molecule has 1 aromatic heterocycles. The summed E-state index contributed by atoms with van der Waals surface area (Å²) in [4.78, 5) is 16.9. The number of benzene rings is 2. The normalized spacial score (nSPS) is 15.0. The van der Waals surface area contributed by atoms with Crippen LogP contribution >= 0.6 is 0 Å². The number of amides is 1. The van der Waals surface area contributed by atoms with Crippen LogP contribution in [0.5, 0.6) is 0 Å². The van der Waals surface area contributed by atoms with Crippen molar-refractivity contribution in [1.29, 1.82) is 0 Å². The molecular formula is C23H23FN2O2. The lowest BCUT2D eigenvalue weighted by Crippen LogP contribution is -2.49. The Bertz CT molecular complexity index is 931. The summed E-state index contributed by atoms with van der Waals surface area (Å²) in [5.74, 6) is 0.145. The summed E-state index contributed by atoms with van der Waals surface area (Å²) in [6.07, 6.45) is 1.01. The van der Waals surface area contributed by atoms with Gasteiger partial charge in [-0.15, -0.1) is 0 Å². The Morgan fingerprint density at radius 3 is 2.36 bits per heavy atom. The standard InChI is InChI=1S/C23H23FN2O2/c24-20-9-5-4-8-19(20)21-10-11-22(28-21)23(27)26-16-14-25(15-17-26)13-12-18-6-2-1-3-7-18/h1-11H,12-17H2. The van der Waals surface area contributed by atoms with E-state index >= 15 is 0 Å². The molecule has 28 heavy (non-hydrogen) atoms. The van der Waals surface area contributed by atoms with Crippen molar-refractivity contribution < 1.29 is 13.6 Å². The fraction of sp³-hybridized carbons (Fsp3) is 0.261. The van der Waals surface area contributed by atoms with E-state index in [2.05, 4.69) is 29.2 Å². The molecular weight excluding hydrogens is 355 g/mol. The Kier molecular flexibility index (Phi) is 5.53. The largest absolute Gasteiger partial charge is 0.451 e. The van der Waals surface area contributed by atoms with Crippen LogP contribution in [-0.4, -0.2) is 48.4 Å². The average Bonchev–Trinajstić information content (AvgIpc) is 3.23. The van der Waals surface area contributed by atoms with Crippen LogP contribution in [0.3, 0.4) is 0 Å². The van der Waals surface area contributed by atoms with Gasteiger partial charge in [-0.25, -0.2) is 4.39 Å². The van der Waals surface area contributed by atoms with Gasteiger partial charge in [-0.05, 0) is 36.2 Å². The number of hydrogen-bond donors (Lipinski definition) is 0. The van der Waals surface area contributed by atoms with Gasteiger partial charge in [0.15, 0.2) is 5.76 Å². The molecule has 1 fully saturated rings. The fourth-order valence-corrected chi connectivity index (χ4v) is 3.52. The maximum absolute atomic E-state index is 13.9. The zero-order chi connectivity index (χ0) is 19.3. The summed E-state index contributed by atoms with van der Waals surface area (Å²) in [7, 11) is 0. The van der Waals surface area contributed by atoms with Crippen molar-refractivity contribution in [1.82, 2.24) is 9.80 Å². The quantitative estimate of drug-likeness (QED) is 0.671. The van der Waals surface area contributed by atoms with E-state index in [0.717, 1.165) is 26.1 Å². The highest BCUT2D eigenvalue weighted by molar-refractivity contribution is 5.92. The van der Waals surface area contributed by atoms with Gasteiger partial charge in [0.25, 0.3) is 5.91 Å². The molecule has 0 N–H and O–H groups in total. The van der Waals surface area contributed by atoms with E-state index in [-0.39, 0.29) is 17.5 Å². The van der Waals surface area contributed by atoms with Gasteiger partial charge >= 0.3 is 0 Å². The molecule has 3 aromatic rings. The first-order chi connectivity index (χ1) is 13.7. The number of hydrogen-bond acceptors (Lipinski definition) is 3. The van der Waals surface area contributed by atoms with Gasteiger partial charge in [-0.1, -0.05) is 42.5 Å². The average molecular weight is 378 g/mol. The van der Waals surface area contributed by atoms with E-state index in [4.69, 9.17) is 4.42 Å². The first-order valence-corrected chi connectivity index (χ1v) is 9.61. The first-order valence-electron chi connectivity index (χ1n) is 9.61. The van der Waals surface area contributed by atoms with Gasteiger partial charge in [0.1, 0.15) is 11.6 Å². The molecule has 2 aromatic carbocycles. The van der Waals surface area contributed by atoms with Crippen molar-refractivity contribution in [2.24, 2.45) is 0 Å². The van der Waals surface area contributed by atoms with Crippen LogP contribution in [0.25, 0.3) is 11.3 Å². The van der Waals surface area contributed by atoms with Crippen molar-refractivity contribution in [3.8, 4) is 11.3 Å². The van der Waals surface area contributed by atoms with Gasteiger partial charge in [0.2, 0.25) is 0 Å². The van der Waals surface area contributed by atoms with E-state index in [1.54, 1.807) is 30.3 Å². The molecule has 0 spiro atoms. The lowest BCUT2D eigenvalue weighted by molar-refractivity contribution is 0.0608. The molecule has 0 aliphatic carbocycles. The molecule has 0 bridgehead atoms. The number of piperazine rings is 1. The second kappa shape index (κ2) is 8.40. The molecule has 4 nitrogen and oxygen atoms in total. The molecule has 0 radical (unpaired) electrons. The Labute approximate surface area is 164 Å². The number of carbonyl (C=O) groups is 1. The van der Waals surface area contributed by atoms with Crippen molar-refractivity contribution in [3.63, 3.8) is 0 Å². The maximum atomic E-state index is 13.9. The van der Waals surface area contributed by atoms with Crippen LogP contribution in [-0.2, 0) is 6.42 Å². The van der Waals surface area contributed by atoms with Crippen molar-refractivity contribution in [2.45, 2.75) is 6.42 Å². The predicted octanol–water partition coefficient (Wildman–Crippen LogP) is 4.09. The highest BCUT2D eigenvalue weighted by Gasteiger charge is 2.24. The lowest BCUT2D eigenvalue weighted by atomic mass is 10.1. The van der Waals surface area contributed by atoms with Crippen LogP contribution in [0.2, 0.25) is 0 Å². The summed E-state index contributed by atoms with van der Waals surface area (Å²) in [6, 6.07) is 20.1. The number of halogens is 1. The highest BCUT2D eigenvalue weighted by atomic mass is 19.1. The topological polar surface area (TPSA) is 36.7 Å². The van der Waals surface area contributed by atoms with Crippen LogP contribution in [0.1, 0.15) is 16.1 Å². The van der Waals surface area contributed by atoms with Gasteiger partial charge in [-0.2, -0.15) is 0 Å². The molecule has 1 aliphatic heterocycles. The minimum atomic E-state index is -0.358. The molecule has 0 unspecified atom stereocenters. The van der Waals surface area contributed by atoms with Gasteiger partial charge in [0, 0.05) is 32.7 Å². The van der Waals surface area contributed by atoms with E-state index < -0.39 is 0 Å². The fourth-order valence-electron chi connectivity index (χ4n) is 3.52. The highest BCUT2D eigenvalue weighted by Crippen LogP contribution is 2.25. The summed E-state index contributed by atoms with van der Waals surface area (Å²) < 4.78 is 19.6. The van der Waals surface area contributed by atoms with E-state index in [9.17, 15) is 9.18 Å². The molecule has 0 atom stereocenters. The van der Waals surface area contributed by atoms with Crippen molar-refractivity contribution in [3.05, 3.63) is 83.9 Å². The summed E-state index contributed by atoms with van der Waals surface area (Å²) in [5, 5.41) is 0.